The first-order chi connectivity index (χ1) is 10.8. The summed E-state index contributed by atoms with van der Waals surface area (Å²) in [5, 5.41) is 0. The van der Waals surface area contributed by atoms with E-state index in [0.29, 0.717) is 0 Å². The highest BCUT2D eigenvalue weighted by Crippen LogP contribution is 2.23. The van der Waals surface area contributed by atoms with Gasteiger partial charge in [0.15, 0.2) is 0 Å². The zero-order chi connectivity index (χ0) is 15.2. The minimum Gasteiger partial charge on any atom is -0.492 e. The number of para-hydroxylation sites is 1. The van der Waals surface area contributed by atoms with Crippen molar-refractivity contribution >= 4 is 27.3 Å². The third kappa shape index (κ3) is 4.81. The molecule has 5 heteroatoms. The Morgan fingerprint density at radius 1 is 0.955 bits per heavy atom. The molecule has 0 radical (unpaired) electrons. The summed E-state index contributed by atoms with van der Waals surface area (Å²) in [6.45, 7) is 7.39. The van der Waals surface area contributed by atoms with Crippen LogP contribution < -0.4 is 4.74 Å². The molecule has 0 aliphatic carbocycles. The average molecular weight is 381 g/mol. The Bertz CT molecular complexity index is 567. The van der Waals surface area contributed by atoms with E-state index in [1.165, 1.54) is 8.66 Å². The molecular weight excluding hydrogens is 360 g/mol. The van der Waals surface area contributed by atoms with Crippen LogP contribution in [0.25, 0.3) is 0 Å². The molecule has 0 unspecified atom stereocenters. The second-order valence-electron chi connectivity index (χ2n) is 5.49. The molecule has 3 rings (SSSR count). The summed E-state index contributed by atoms with van der Waals surface area (Å²) in [6, 6.07) is 14.4. The fourth-order valence-electron chi connectivity index (χ4n) is 2.64. The van der Waals surface area contributed by atoms with Crippen LogP contribution in [0.15, 0.2) is 46.3 Å². The van der Waals surface area contributed by atoms with E-state index in [4.69, 9.17) is 4.74 Å². The summed E-state index contributed by atoms with van der Waals surface area (Å²) in [5.41, 5.74) is 0. The van der Waals surface area contributed by atoms with Crippen LogP contribution in [0.2, 0.25) is 0 Å². The maximum Gasteiger partial charge on any atom is 0.119 e. The van der Waals surface area contributed by atoms with Gasteiger partial charge in [-0.25, -0.2) is 0 Å². The van der Waals surface area contributed by atoms with Crippen molar-refractivity contribution in [2.24, 2.45) is 0 Å². The largest absolute Gasteiger partial charge is 0.492 e. The van der Waals surface area contributed by atoms with Gasteiger partial charge in [-0.1, -0.05) is 18.2 Å². The topological polar surface area (TPSA) is 15.7 Å². The number of ether oxygens (including phenoxy) is 1. The highest BCUT2D eigenvalue weighted by Gasteiger charge is 2.17. The van der Waals surface area contributed by atoms with Crippen molar-refractivity contribution in [2.75, 3.05) is 39.3 Å². The predicted molar refractivity (Wildman–Crippen MR) is 95.7 cm³/mol. The molecule has 1 fully saturated rings. The van der Waals surface area contributed by atoms with E-state index in [-0.39, 0.29) is 0 Å². The lowest BCUT2D eigenvalue weighted by atomic mass is 10.3. The van der Waals surface area contributed by atoms with Gasteiger partial charge >= 0.3 is 0 Å². The van der Waals surface area contributed by atoms with Gasteiger partial charge in [0.1, 0.15) is 12.4 Å². The molecule has 0 saturated carbocycles. The zero-order valence-electron chi connectivity index (χ0n) is 12.6. The van der Waals surface area contributed by atoms with Gasteiger partial charge in [-0.15, -0.1) is 11.3 Å². The van der Waals surface area contributed by atoms with Crippen molar-refractivity contribution in [1.82, 2.24) is 9.80 Å². The van der Waals surface area contributed by atoms with Crippen LogP contribution in [-0.4, -0.2) is 49.1 Å². The molecular formula is C17H21BrN2OS. The van der Waals surface area contributed by atoms with E-state index in [2.05, 4.69) is 37.9 Å². The Kier molecular flexibility index (Phi) is 5.89. The third-order valence-corrected chi connectivity index (χ3v) is 5.50. The van der Waals surface area contributed by atoms with Gasteiger partial charge in [0.05, 0.1) is 3.79 Å². The second-order valence-corrected chi connectivity index (χ2v) is 8.03. The Labute approximate surface area is 144 Å². The van der Waals surface area contributed by atoms with Gasteiger partial charge in [-0.3, -0.25) is 9.80 Å². The maximum atomic E-state index is 5.78. The van der Waals surface area contributed by atoms with Crippen molar-refractivity contribution in [1.29, 1.82) is 0 Å². The monoisotopic (exact) mass is 380 g/mol. The number of rotatable bonds is 6. The molecule has 1 aliphatic heterocycles. The number of halogens is 1. The summed E-state index contributed by atoms with van der Waals surface area (Å²) in [4.78, 5) is 6.46. The van der Waals surface area contributed by atoms with E-state index in [9.17, 15) is 0 Å². The molecule has 1 saturated heterocycles. The summed E-state index contributed by atoms with van der Waals surface area (Å²) >= 11 is 5.37. The Morgan fingerprint density at radius 3 is 2.36 bits per heavy atom. The van der Waals surface area contributed by atoms with Crippen molar-refractivity contribution in [3.8, 4) is 5.75 Å². The van der Waals surface area contributed by atoms with Crippen LogP contribution in [0.3, 0.4) is 0 Å². The fraction of sp³-hybridized carbons (Fsp3) is 0.412. The molecule has 0 bridgehead atoms. The lowest BCUT2D eigenvalue weighted by molar-refractivity contribution is 0.113. The maximum absolute atomic E-state index is 5.78. The standard InChI is InChI=1S/C17H21BrN2OS/c18-17-7-6-16(22-17)14-20-10-8-19(9-11-20)12-13-21-15-4-2-1-3-5-15/h1-7H,8-14H2. The molecule has 0 atom stereocenters. The molecule has 1 aromatic carbocycles. The lowest BCUT2D eigenvalue weighted by Crippen LogP contribution is -2.46. The van der Waals surface area contributed by atoms with Crippen LogP contribution >= 0.6 is 27.3 Å². The van der Waals surface area contributed by atoms with Gasteiger partial charge < -0.3 is 4.74 Å². The summed E-state index contributed by atoms with van der Waals surface area (Å²) < 4.78 is 7.00. The smallest absolute Gasteiger partial charge is 0.119 e. The number of thiophene rings is 1. The summed E-state index contributed by atoms with van der Waals surface area (Å²) in [6.07, 6.45) is 0. The van der Waals surface area contributed by atoms with Crippen LogP contribution in [-0.2, 0) is 6.54 Å². The molecule has 118 valence electrons. The molecule has 22 heavy (non-hydrogen) atoms. The minimum absolute atomic E-state index is 0.766. The Balaban J connectivity index is 1.35. The fourth-order valence-corrected chi connectivity index (χ4v) is 4.16. The van der Waals surface area contributed by atoms with Gasteiger partial charge in [-0.05, 0) is 40.2 Å². The molecule has 0 N–H and O–H groups in total. The first-order valence-corrected chi connectivity index (χ1v) is 9.27. The minimum atomic E-state index is 0.766. The number of hydrogen-bond acceptors (Lipinski definition) is 4. The predicted octanol–water partition coefficient (Wildman–Crippen LogP) is 3.71. The van der Waals surface area contributed by atoms with E-state index < -0.39 is 0 Å². The van der Waals surface area contributed by atoms with E-state index >= 15 is 0 Å². The van der Waals surface area contributed by atoms with Gasteiger partial charge in [-0.2, -0.15) is 0 Å². The number of piperazine rings is 1. The number of hydrogen-bond donors (Lipinski definition) is 0. The van der Waals surface area contributed by atoms with E-state index in [1.807, 2.05) is 41.7 Å². The van der Waals surface area contributed by atoms with Gasteiger partial charge in [0.2, 0.25) is 0 Å². The van der Waals surface area contributed by atoms with Crippen molar-refractivity contribution < 1.29 is 4.74 Å². The Morgan fingerprint density at radius 2 is 1.68 bits per heavy atom. The molecule has 2 heterocycles. The second kappa shape index (κ2) is 8.11. The van der Waals surface area contributed by atoms with Crippen LogP contribution in [0, 0.1) is 0 Å². The first-order valence-electron chi connectivity index (χ1n) is 7.66. The van der Waals surface area contributed by atoms with Crippen molar-refractivity contribution in [3.63, 3.8) is 0 Å². The molecule has 3 nitrogen and oxygen atoms in total. The summed E-state index contributed by atoms with van der Waals surface area (Å²) in [5.74, 6) is 0.962. The van der Waals surface area contributed by atoms with Crippen LogP contribution in [0.4, 0.5) is 0 Å². The summed E-state index contributed by atoms with van der Waals surface area (Å²) in [7, 11) is 0. The third-order valence-electron chi connectivity index (χ3n) is 3.89. The highest BCUT2D eigenvalue weighted by molar-refractivity contribution is 9.11. The van der Waals surface area contributed by atoms with E-state index in [0.717, 1.165) is 51.6 Å². The van der Waals surface area contributed by atoms with Gasteiger partial charge in [0, 0.05) is 44.1 Å². The van der Waals surface area contributed by atoms with Crippen LogP contribution in [0.5, 0.6) is 5.75 Å². The highest BCUT2D eigenvalue weighted by atomic mass is 79.9. The average Bonchev–Trinajstić information content (AvgIpc) is 2.95. The molecule has 1 aromatic heterocycles. The van der Waals surface area contributed by atoms with Crippen molar-refractivity contribution in [3.05, 3.63) is 51.1 Å². The number of nitrogens with zero attached hydrogens (tertiary/aromatic N) is 2. The van der Waals surface area contributed by atoms with E-state index in [1.54, 1.807) is 0 Å². The normalized spacial score (nSPS) is 16.8. The molecule has 1 aliphatic rings. The van der Waals surface area contributed by atoms with Crippen LogP contribution in [0.1, 0.15) is 4.88 Å². The first kappa shape index (κ1) is 16.0. The molecule has 0 amide bonds. The number of benzene rings is 1. The lowest BCUT2D eigenvalue weighted by Gasteiger charge is -2.34. The molecule has 2 aromatic rings. The zero-order valence-corrected chi connectivity index (χ0v) is 15.0. The van der Waals surface area contributed by atoms with Gasteiger partial charge in [0.25, 0.3) is 0 Å². The molecule has 0 spiro atoms. The SMILES string of the molecule is Brc1ccc(CN2CCN(CCOc3ccccc3)CC2)s1. The Hall–Kier alpha value is -0.880. The van der Waals surface area contributed by atoms with Crippen molar-refractivity contribution in [2.45, 2.75) is 6.54 Å². The quantitative estimate of drug-likeness (QED) is 0.759.